The summed E-state index contributed by atoms with van der Waals surface area (Å²) in [6.45, 7) is 8.40. The molecule has 0 saturated heterocycles. The normalized spacial score (nSPS) is 15.0. The van der Waals surface area contributed by atoms with Crippen LogP contribution in [0.15, 0.2) is 21.2 Å². The van der Waals surface area contributed by atoms with Gasteiger partial charge in [-0.2, -0.15) is 0 Å². The molecule has 0 nitrogen and oxygen atoms in total. The fraction of sp³-hybridized carbons (Fsp3) is 0.667. The van der Waals surface area contributed by atoms with Crippen LogP contribution < -0.4 is 0 Å². The first-order valence-electron chi connectivity index (χ1n) is 5.37. The summed E-state index contributed by atoms with van der Waals surface area (Å²) in [4.78, 5) is 0. The van der Waals surface area contributed by atoms with Gasteiger partial charge >= 0.3 is 0 Å². The maximum Gasteiger partial charge on any atom is 0.0213 e. The largest absolute Gasteiger partial charge is 0.0889 e. The van der Waals surface area contributed by atoms with Crippen LogP contribution in [0.25, 0.3) is 0 Å². The quantitative estimate of drug-likeness (QED) is 0.543. The molecule has 0 fully saturated rings. The Morgan fingerprint density at radius 2 is 0.929 bits per heavy atom. The number of hydrogen-bond acceptors (Lipinski definition) is 0. The highest BCUT2D eigenvalue weighted by Crippen LogP contribution is 2.30. The van der Waals surface area contributed by atoms with Crippen molar-refractivity contribution >= 4 is 23.2 Å². The Morgan fingerprint density at radius 3 is 1.07 bits per heavy atom. The summed E-state index contributed by atoms with van der Waals surface area (Å²) in [7, 11) is 0. The molecule has 0 N–H and O–H groups in total. The van der Waals surface area contributed by atoms with Crippen LogP contribution in [0.4, 0.5) is 0 Å². The van der Waals surface area contributed by atoms with Gasteiger partial charge in [-0.3, -0.25) is 0 Å². The van der Waals surface area contributed by atoms with Gasteiger partial charge in [0.05, 0.1) is 0 Å². The summed E-state index contributed by atoms with van der Waals surface area (Å²) in [6.07, 6.45) is 3.71. The van der Waals surface area contributed by atoms with Crippen molar-refractivity contribution in [3.8, 4) is 0 Å². The minimum atomic E-state index is 0.891. The van der Waals surface area contributed by atoms with Crippen LogP contribution in [0.1, 0.15) is 53.4 Å². The Labute approximate surface area is 98.0 Å². The summed E-state index contributed by atoms with van der Waals surface area (Å²) in [5, 5.41) is 1.91. The van der Waals surface area contributed by atoms with Gasteiger partial charge in [-0.1, -0.05) is 50.9 Å². The first-order valence-corrected chi connectivity index (χ1v) is 6.13. The van der Waals surface area contributed by atoms with Crippen molar-refractivity contribution in [2.24, 2.45) is 0 Å². The SMILES string of the molecule is CC/C(Cl)=C(CC)/C(CC)=C(\Cl)CC. The Bertz CT molecular complexity index is 211. The van der Waals surface area contributed by atoms with Crippen LogP contribution in [0.3, 0.4) is 0 Å². The third-order valence-corrected chi connectivity index (χ3v) is 3.34. The summed E-state index contributed by atoms with van der Waals surface area (Å²) < 4.78 is 0. The van der Waals surface area contributed by atoms with E-state index in [0.29, 0.717) is 0 Å². The second kappa shape index (κ2) is 7.36. The molecule has 0 aliphatic carbocycles. The summed E-state index contributed by atoms with van der Waals surface area (Å²) in [5.74, 6) is 0. The molecule has 0 atom stereocenters. The number of halogens is 2. The van der Waals surface area contributed by atoms with Gasteiger partial charge in [0, 0.05) is 10.1 Å². The zero-order valence-corrected chi connectivity index (χ0v) is 11.1. The Morgan fingerprint density at radius 1 is 0.643 bits per heavy atom. The Hall–Kier alpha value is 0.0600. The number of allylic oxidation sites excluding steroid dienone is 4. The Kier molecular flexibility index (Phi) is 7.40. The highest BCUT2D eigenvalue weighted by Gasteiger charge is 2.09. The molecule has 0 bridgehead atoms. The number of rotatable bonds is 5. The van der Waals surface area contributed by atoms with E-state index >= 15 is 0 Å². The van der Waals surface area contributed by atoms with E-state index < -0.39 is 0 Å². The molecule has 0 spiro atoms. The van der Waals surface area contributed by atoms with Gasteiger partial charge in [0.25, 0.3) is 0 Å². The fourth-order valence-corrected chi connectivity index (χ4v) is 2.06. The van der Waals surface area contributed by atoms with E-state index in [1.807, 2.05) is 0 Å². The molecule has 0 rings (SSSR count). The molecule has 0 amide bonds. The van der Waals surface area contributed by atoms with Crippen molar-refractivity contribution in [3.63, 3.8) is 0 Å². The van der Waals surface area contributed by atoms with Crippen LogP contribution in [0.2, 0.25) is 0 Å². The maximum atomic E-state index is 6.19. The third-order valence-electron chi connectivity index (χ3n) is 2.35. The van der Waals surface area contributed by atoms with Gasteiger partial charge in [0.15, 0.2) is 0 Å². The van der Waals surface area contributed by atoms with Crippen molar-refractivity contribution in [2.45, 2.75) is 53.4 Å². The van der Waals surface area contributed by atoms with Crippen LogP contribution in [-0.4, -0.2) is 0 Å². The zero-order valence-electron chi connectivity index (χ0n) is 9.58. The molecule has 0 heterocycles. The van der Waals surface area contributed by atoms with Crippen molar-refractivity contribution in [2.75, 3.05) is 0 Å². The summed E-state index contributed by atoms with van der Waals surface area (Å²) >= 11 is 12.4. The molecule has 0 aromatic rings. The molecule has 2 heteroatoms. The van der Waals surface area contributed by atoms with Gasteiger partial charge in [-0.05, 0) is 36.8 Å². The van der Waals surface area contributed by atoms with Crippen LogP contribution in [0, 0.1) is 0 Å². The second-order valence-electron chi connectivity index (χ2n) is 3.18. The van der Waals surface area contributed by atoms with E-state index in [-0.39, 0.29) is 0 Å². The minimum absolute atomic E-state index is 0.891. The first-order chi connectivity index (χ1) is 6.62. The molecule has 0 aromatic heterocycles. The Balaban J connectivity index is 5.19. The zero-order chi connectivity index (χ0) is 11.1. The standard InChI is InChI=1S/C12H20Cl2/c1-5-9(11(13)7-3)10(6-2)12(14)8-4/h5-8H2,1-4H3/b11-9-,12-10-. The van der Waals surface area contributed by atoms with E-state index in [2.05, 4.69) is 27.7 Å². The van der Waals surface area contributed by atoms with E-state index in [9.17, 15) is 0 Å². The lowest BCUT2D eigenvalue weighted by atomic mass is 9.99. The lowest BCUT2D eigenvalue weighted by molar-refractivity contribution is 0.969. The van der Waals surface area contributed by atoms with Gasteiger partial charge < -0.3 is 0 Å². The van der Waals surface area contributed by atoms with Gasteiger partial charge in [-0.15, -0.1) is 0 Å². The predicted octanol–water partition coefficient (Wildman–Crippen LogP) is 5.61. The van der Waals surface area contributed by atoms with Gasteiger partial charge in [0.1, 0.15) is 0 Å². The third kappa shape index (κ3) is 3.67. The molecular formula is C12H20Cl2. The smallest absolute Gasteiger partial charge is 0.0213 e. The molecule has 82 valence electrons. The maximum absolute atomic E-state index is 6.19. The highest BCUT2D eigenvalue weighted by molar-refractivity contribution is 6.31. The van der Waals surface area contributed by atoms with E-state index in [4.69, 9.17) is 23.2 Å². The van der Waals surface area contributed by atoms with Crippen LogP contribution in [-0.2, 0) is 0 Å². The molecule has 0 aliphatic rings. The van der Waals surface area contributed by atoms with Gasteiger partial charge in [-0.25, -0.2) is 0 Å². The molecule has 0 saturated carbocycles. The lowest BCUT2D eigenvalue weighted by Gasteiger charge is -2.13. The summed E-state index contributed by atoms with van der Waals surface area (Å²) in [6, 6.07) is 0. The molecule has 0 unspecified atom stereocenters. The average molecular weight is 235 g/mol. The van der Waals surface area contributed by atoms with Gasteiger partial charge in [0.2, 0.25) is 0 Å². The first kappa shape index (κ1) is 14.1. The van der Waals surface area contributed by atoms with Crippen molar-refractivity contribution < 1.29 is 0 Å². The summed E-state index contributed by atoms with van der Waals surface area (Å²) in [5.41, 5.74) is 2.48. The molecule has 14 heavy (non-hydrogen) atoms. The lowest BCUT2D eigenvalue weighted by Crippen LogP contribution is -1.93. The van der Waals surface area contributed by atoms with E-state index in [0.717, 1.165) is 35.7 Å². The average Bonchev–Trinajstić information content (AvgIpc) is 2.23. The minimum Gasteiger partial charge on any atom is -0.0889 e. The molecule has 0 radical (unpaired) electrons. The monoisotopic (exact) mass is 234 g/mol. The van der Waals surface area contributed by atoms with Crippen LogP contribution >= 0.6 is 23.2 Å². The molecule has 0 aliphatic heterocycles. The van der Waals surface area contributed by atoms with E-state index in [1.165, 1.54) is 11.1 Å². The second-order valence-corrected chi connectivity index (χ2v) is 4.09. The van der Waals surface area contributed by atoms with E-state index in [1.54, 1.807) is 0 Å². The van der Waals surface area contributed by atoms with Crippen LogP contribution in [0.5, 0.6) is 0 Å². The van der Waals surface area contributed by atoms with Crippen molar-refractivity contribution in [3.05, 3.63) is 21.2 Å². The molecular weight excluding hydrogens is 215 g/mol. The fourth-order valence-electron chi connectivity index (χ4n) is 1.56. The highest BCUT2D eigenvalue weighted by atomic mass is 35.5. The predicted molar refractivity (Wildman–Crippen MR) is 66.9 cm³/mol. The van der Waals surface area contributed by atoms with Crippen molar-refractivity contribution in [1.82, 2.24) is 0 Å². The van der Waals surface area contributed by atoms with Crippen molar-refractivity contribution in [1.29, 1.82) is 0 Å². The topological polar surface area (TPSA) is 0 Å². The number of hydrogen-bond donors (Lipinski definition) is 0. The molecule has 0 aromatic carbocycles.